The van der Waals surface area contributed by atoms with Crippen LogP contribution in [0, 0.1) is 5.41 Å². The lowest BCUT2D eigenvalue weighted by atomic mass is 9.91. The summed E-state index contributed by atoms with van der Waals surface area (Å²) in [7, 11) is 0. The van der Waals surface area contributed by atoms with Gasteiger partial charge in [0.05, 0.1) is 6.54 Å². The highest BCUT2D eigenvalue weighted by atomic mass is 19.1. The Balaban J connectivity index is 2.60. The lowest BCUT2D eigenvalue weighted by Crippen LogP contribution is -2.39. The zero-order valence-electron chi connectivity index (χ0n) is 9.92. The minimum absolute atomic E-state index is 0.113. The van der Waals surface area contributed by atoms with Crippen molar-refractivity contribution in [1.29, 1.82) is 0 Å². The number of rotatable bonds is 2. The third kappa shape index (κ3) is 2.93. The van der Waals surface area contributed by atoms with Crippen LogP contribution in [0.5, 0.6) is 0 Å². The highest BCUT2D eigenvalue weighted by Crippen LogP contribution is 2.28. The molecule has 1 amide bonds. The first kappa shape index (κ1) is 12.9. The summed E-state index contributed by atoms with van der Waals surface area (Å²) in [4.78, 5) is 23.7. The van der Waals surface area contributed by atoms with E-state index in [9.17, 15) is 14.0 Å². The van der Waals surface area contributed by atoms with Gasteiger partial charge < -0.3 is 10.0 Å². The first-order chi connectivity index (χ1) is 7.14. The average molecular weight is 231 g/mol. The van der Waals surface area contributed by atoms with Gasteiger partial charge in [-0.25, -0.2) is 9.18 Å². The van der Waals surface area contributed by atoms with Crippen LogP contribution in [0.2, 0.25) is 0 Å². The molecular weight excluding hydrogens is 213 g/mol. The van der Waals surface area contributed by atoms with E-state index in [0.717, 1.165) is 0 Å². The smallest absolute Gasteiger partial charge is 0.343 e. The van der Waals surface area contributed by atoms with Crippen molar-refractivity contribution in [1.82, 2.24) is 4.90 Å². The summed E-state index contributed by atoms with van der Waals surface area (Å²) in [6.45, 7) is 5.62. The molecule has 0 aromatic heterocycles. The topological polar surface area (TPSA) is 57.6 Å². The summed E-state index contributed by atoms with van der Waals surface area (Å²) in [5.41, 5.74) is -2.42. The van der Waals surface area contributed by atoms with Gasteiger partial charge in [-0.15, -0.1) is 0 Å². The number of nitrogens with zero attached hydrogens (tertiary/aromatic N) is 1. The maximum Gasteiger partial charge on any atom is 0.343 e. The summed E-state index contributed by atoms with van der Waals surface area (Å²) in [5, 5.41) is 8.69. The molecule has 0 saturated carbocycles. The minimum atomic E-state index is -2.26. The fourth-order valence-electron chi connectivity index (χ4n) is 1.73. The second-order valence-corrected chi connectivity index (χ2v) is 5.57. The Morgan fingerprint density at radius 1 is 1.44 bits per heavy atom. The fourth-order valence-corrected chi connectivity index (χ4v) is 1.73. The number of likely N-dealkylation sites (tertiary alicyclic amines) is 1. The molecular formula is C11H18FNO3. The number of amides is 1. The predicted molar refractivity (Wildman–Crippen MR) is 56.7 cm³/mol. The van der Waals surface area contributed by atoms with Crippen LogP contribution < -0.4 is 0 Å². The van der Waals surface area contributed by atoms with Crippen molar-refractivity contribution >= 4 is 11.9 Å². The van der Waals surface area contributed by atoms with Gasteiger partial charge in [-0.3, -0.25) is 4.79 Å². The Hall–Kier alpha value is -1.13. The maximum atomic E-state index is 13.7. The highest BCUT2D eigenvalue weighted by Gasteiger charge is 2.46. The number of carbonyl (C=O) groups excluding carboxylic acids is 1. The van der Waals surface area contributed by atoms with Crippen molar-refractivity contribution in [2.45, 2.75) is 39.3 Å². The third-order valence-electron chi connectivity index (χ3n) is 2.64. The largest absolute Gasteiger partial charge is 0.479 e. The molecule has 0 aromatic rings. The van der Waals surface area contributed by atoms with E-state index in [2.05, 4.69) is 0 Å². The lowest BCUT2D eigenvalue weighted by molar-refractivity contribution is -0.150. The Morgan fingerprint density at radius 2 is 2.00 bits per heavy atom. The van der Waals surface area contributed by atoms with Crippen molar-refractivity contribution < 1.29 is 19.1 Å². The van der Waals surface area contributed by atoms with E-state index in [1.807, 2.05) is 20.8 Å². The molecule has 1 heterocycles. The average Bonchev–Trinajstić information content (AvgIpc) is 2.46. The summed E-state index contributed by atoms with van der Waals surface area (Å²) >= 11 is 0. The molecule has 16 heavy (non-hydrogen) atoms. The van der Waals surface area contributed by atoms with Gasteiger partial charge in [0.2, 0.25) is 11.6 Å². The van der Waals surface area contributed by atoms with E-state index in [0.29, 0.717) is 6.42 Å². The van der Waals surface area contributed by atoms with Crippen LogP contribution in [-0.4, -0.2) is 40.6 Å². The molecule has 1 unspecified atom stereocenters. The van der Waals surface area contributed by atoms with Gasteiger partial charge in [0.1, 0.15) is 0 Å². The van der Waals surface area contributed by atoms with Gasteiger partial charge in [0, 0.05) is 19.4 Å². The molecule has 1 aliphatic rings. The number of halogens is 1. The fraction of sp³-hybridized carbons (Fsp3) is 0.818. The number of aliphatic carboxylic acids is 1. The normalized spacial score (nSPS) is 25.9. The number of carboxylic acids is 1. The minimum Gasteiger partial charge on any atom is -0.479 e. The van der Waals surface area contributed by atoms with Crippen LogP contribution in [0.3, 0.4) is 0 Å². The van der Waals surface area contributed by atoms with Crippen LogP contribution >= 0.6 is 0 Å². The quantitative estimate of drug-likeness (QED) is 0.782. The van der Waals surface area contributed by atoms with Gasteiger partial charge in [-0.1, -0.05) is 20.8 Å². The molecule has 0 bridgehead atoms. The number of carbonyl (C=O) groups is 2. The number of carboxylic acid groups (broad SMARTS) is 1. The van der Waals surface area contributed by atoms with Crippen LogP contribution in [0.1, 0.15) is 33.6 Å². The molecule has 0 aromatic carbocycles. The molecule has 1 rings (SSSR count). The van der Waals surface area contributed by atoms with Crippen LogP contribution in [0.15, 0.2) is 0 Å². The van der Waals surface area contributed by atoms with E-state index in [1.54, 1.807) is 0 Å². The Bertz CT molecular complexity index is 311. The molecule has 1 fully saturated rings. The zero-order valence-corrected chi connectivity index (χ0v) is 9.92. The second kappa shape index (κ2) is 4.03. The first-order valence-corrected chi connectivity index (χ1v) is 5.34. The molecule has 1 N–H and O–H groups in total. The van der Waals surface area contributed by atoms with Gasteiger partial charge in [-0.2, -0.15) is 0 Å². The first-order valence-electron chi connectivity index (χ1n) is 5.34. The molecule has 0 radical (unpaired) electrons. The molecule has 1 saturated heterocycles. The predicted octanol–water partition coefficient (Wildman–Crippen LogP) is 1.45. The van der Waals surface area contributed by atoms with Crippen molar-refractivity contribution in [3.8, 4) is 0 Å². The van der Waals surface area contributed by atoms with E-state index >= 15 is 0 Å². The van der Waals surface area contributed by atoms with Crippen LogP contribution in [-0.2, 0) is 9.59 Å². The van der Waals surface area contributed by atoms with Crippen LogP contribution in [0.25, 0.3) is 0 Å². The van der Waals surface area contributed by atoms with Crippen molar-refractivity contribution in [2.75, 3.05) is 13.1 Å². The van der Waals surface area contributed by atoms with E-state index in [1.165, 1.54) is 4.90 Å². The van der Waals surface area contributed by atoms with Gasteiger partial charge in [0.15, 0.2) is 0 Å². The number of hydrogen-bond acceptors (Lipinski definition) is 2. The maximum absolute atomic E-state index is 13.7. The van der Waals surface area contributed by atoms with Crippen molar-refractivity contribution in [3.05, 3.63) is 0 Å². The van der Waals surface area contributed by atoms with Crippen molar-refractivity contribution in [3.63, 3.8) is 0 Å². The number of alkyl halides is 1. The van der Waals surface area contributed by atoms with E-state index in [-0.39, 0.29) is 30.8 Å². The molecule has 92 valence electrons. The Labute approximate surface area is 94.4 Å². The molecule has 0 spiro atoms. The Kier molecular flexibility index (Phi) is 3.26. The SMILES string of the molecule is CC(C)(C)CC(=O)N1CCC(F)(C(=O)O)C1. The second-order valence-electron chi connectivity index (χ2n) is 5.57. The number of hydrogen-bond donors (Lipinski definition) is 1. The van der Waals surface area contributed by atoms with Crippen LogP contribution in [0.4, 0.5) is 4.39 Å². The molecule has 5 heteroatoms. The molecule has 4 nitrogen and oxygen atoms in total. The Morgan fingerprint density at radius 3 is 2.38 bits per heavy atom. The van der Waals surface area contributed by atoms with E-state index < -0.39 is 11.6 Å². The molecule has 1 atom stereocenters. The molecule has 0 aliphatic carbocycles. The summed E-state index contributed by atoms with van der Waals surface area (Å²) < 4.78 is 13.7. The van der Waals surface area contributed by atoms with Gasteiger partial charge >= 0.3 is 5.97 Å². The summed E-state index contributed by atoms with van der Waals surface area (Å²) in [6, 6.07) is 0. The standard InChI is InChI=1S/C11H18FNO3/c1-10(2,3)6-8(14)13-5-4-11(12,7-13)9(15)16/h4-7H2,1-3H3,(H,15,16). The molecule has 1 aliphatic heterocycles. The summed E-state index contributed by atoms with van der Waals surface area (Å²) in [6.07, 6.45) is 0.195. The lowest BCUT2D eigenvalue weighted by Gasteiger charge is -2.23. The van der Waals surface area contributed by atoms with Crippen molar-refractivity contribution in [2.24, 2.45) is 5.41 Å². The monoisotopic (exact) mass is 231 g/mol. The van der Waals surface area contributed by atoms with E-state index in [4.69, 9.17) is 5.11 Å². The zero-order chi connectivity index (χ0) is 12.6. The van der Waals surface area contributed by atoms with Gasteiger partial charge in [-0.05, 0) is 5.41 Å². The van der Waals surface area contributed by atoms with Gasteiger partial charge in [0.25, 0.3) is 0 Å². The summed E-state index contributed by atoms with van der Waals surface area (Å²) in [5.74, 6) is -1.65. The highest BCUT2D eigenvalue weighted by molar-refractivity contribution is 5.82. The third-order valence-corrected chi connectivity index (χ3v) is 2.64.